The van der Waals surface area contributed by atoms with Crippen molar-refractivity contribution in [3.8, 4) is 0 Å². The summed E-state index contributed by atoms with van der Waals surface area (Å²) >= 11 is 0. The molecule has 2 atom stereocenters. The molecule has 1 saturated heterocycles. The van der Waals surface area contributed by atoms with Crippen LogP contribution in [0.25, 0.3) is 0 Å². The van der Waals surface area contributed by atoms with Crippen LogP contribution < -0.4 is 0 Å². The third-order valence-corrected chi connectivity index (χ3v) is 4.10. The molecule has 2 unspecified atom stereocenters. The Kier molecular flexibility index (Phi) is 5.15. The fourth-order valence-electron chi connectivity index (χ4n) is 2.65. The van der Waals surface area contributed by atoms with Gasteiger partial charge in [-0.05, 0) is 31.9 Å². The Morgan fingerprint density at radius 3 is 2.80 bits per heavy atom. The smallest absolute Gasteiger partial charge is 0.236 e. The van der Waals surface area contributed by atoms with Gasteiger partial charge in [-0.15, -0.1) is 0 Å². The first kappa shape index (κ1) is 15.0. The van der Waals surface area contributed by atoms with Gasteiger partial charge in [0.2, 0.25) is 5.91 Å². The van der Waals surface area contributed by atoms with Gasteiger partial charge in [0.05, 0.1) is 18.7 Å². The molecule has 0 spiro atoms. The molecule has 4 nitrogen and oxygen atoms in total. The number of benzene rings is 1. The van der Waals surface area contributed by atoms with E-state index < -0.39 is 0 Å². The van der Waals surface area contributed by atoms with E-state index >= 15 is 0 Å². The molecule has 1 aromatic carbocycles. The molecule has 0 bridgehead atoms. The lowest BCUT2D eigenvalue weighted by Crippen LogP contribution is -2.45. The molecule has 1 N–H and O–H groups in total. The molecule has 1 aliphatic heterocycles. The lowest BCUT2D eigenvalue weighted by atomic mass is 10.1. The number of carbonyl (C=O) groups is 1. The van der Waals surface area contributed by atoms with Gasteiger partial charge in [-0.2, -0.15) is 0 Å². The normalized spacial score (nSPS) is 21.4. The lowest BCUT2D eigenvalue weighted by molar-refractivity contribution is -0.133. The van der Waals surface area contributed by atoms with E-state index in [-0.39, 0.29) is 18.1 Å². The minimum Gasteiger partial charge on any atom is -0.392 e. The van der Waals surface area contributed by atoms with Crippen LogP contribution >= 0.6 is 0 Å². The van der Waals surface area contributed by atoms with Crippen LogP contribution in [-0.4, -0.2) is 53.6 Å². The Labute approximate surface area is 121 Å². The summed E-state index contributed by atoms with van der Waals surface area (Å²) in [6.07, 6.45) is 1.53. The number of hydrogen-bond donors (Lipinski definition) is 1. The first-order valence-corrected chi connectivity index (χ1v) is 7.29. The summed E-state index contributed by atoms with van der Waals surface area (Å²) in [7, 11) is 1.85. The molecular formula is C16H24N2O2. The quantitative estimate of drug-likeness (QED) is 0.909. The van der Waals surface area contributed by atoms with Crippen LogP contribution in [0.1, 0.15) is 31.4 Å². The second-order valence-electron chi connectivity index (χ2n) is 5.62. The molecule has 1 heterocycles. The summed E-state index contributed by atoms with van der Waals surface area (Å²) in [5.41, 5.74) is 1.14. The average molecular weight is 276 g/mol. The molecule has 20 heavy (non-hydrogen) atoms. The molecule has 2 rings (SSSR count). The zero-order valence-electron chi connectivity index (χ0n) is 12.3. The van der Waals surface area contributed by atoms with Gasteiger partial charge in [-0.3, -0.25) is 9.69 Å². The zero-order chi connectivity index (χ0) is 14.5. The van der Waals surface area contributed by atoms with Crippen molar-refractivity contribution in [1.29, 1.82) is 0 Å². The van der Waals surface area contributed by atoms with E-state index in [9.17, 15) is 9.90 Å². The molecule has 1 aliphatic rings. The van der Waals surface area contributed by atoms with Gasteiger partial charge in [0.15, 0.2) is 0 Å². The average Bonchev–Trinajstić information content (AvgIpc) is 2.46. The molecule has 4 heteroatoms. The van der Waals surface area contributed by atoms with Gasteiger partial charge in [0, 0.05) is 13.6 Å². The maximum absolute atomic E-state index is 12.3. The van der Waals surface area contributed by atoms with Crippen LogP contribution in [0.5, 0.6) is 0 Å². The predicted molar refractivity (Wildman–Crippen MR) is 79.3 cm³/mol. The van der Waals surface area contributed by atoms with E-state index in [1.54, 1.807) is 4.90 Å². The fraction of sp³-hybridized carbons (Fsp3) is 0.562. The second-order valence-corrected chi connectivity index (χ2v) is 5.62. The summed E-state index contributed by atoms with van der Waals surface area (Å²) in [4.78, 5) is 16.2. The van der Waals surface area contributed by atoms with Crippen LogP contribution in [0.4, 0.5) is 0 Å². The van der Waals surface area contributed by atoms with E-state index in [1.807, 2.05) is 49.2 Å². The maximum Gasteiger partial charge on any atom is 0.236 e. The van der Waals surface area contributed by atoms with Crippen LogP contribution in [0.15, 0.2) is 30.3 Å². The van der Waals surface area contributed by atoms with Gasteiger partial charge < -0.3 is 10.0 Å². The third kappa shape index (κ3) is 3.81. The number of likely N-dealkylation sites (N-methyl/N-ethyl adjacent to an activating group) is 1. The number of nitrogens with zero attached hydrogens (tertiary/aromatic N) is 2. The molecule has 0 aliphatic carbocycles. The number of aliphatic hydroxyl groups excluding tert-OH is 1. The summed E-state index contributed by atoms with van der Waals surface area (Å²) in [6.45, 7) is 3.94. The van der Waals surface area contributed by atoms with Crippen molar-refractivity contribution >= 4 is 5.91 Å². The van der Waals surface area contributed by atoms with E-state index in [2.05, 4.69) is 0 Å². The highest BCUT2D eigenvalue weighted by Gasteiger charge is 2.23. The van der Waals surface area contributed by atoms with E-state index in [0.29, 0.717) is 13.1 Å². The van der Waals surface area contributed by atoms with Crippen molar-refractivity contribution in [3.63, 3.8) is 0 Å². The molecule has 1 aromatic rings. The topological polar surface area (TPSA) is 43.8 Å². The molecule has 0 saturated carbocycles. The molecule has 1 fully saturated rings. The van der Waals surface area contributed by atoms with Crippen molar-refractivity contribution in [3.05, 3.63) is 35.9 Å². The Hall–Kier alpha value is -1.39. The van der Waals surface area contributed by atoms with Gasteiger partial charge in [-0.1, -0.05) is 30.3 Å². The lowest BCUT2D eigenvalue weighted by Gasteiger charge is -2.32. The van der Waals surface area contributed by atoms with Crippen LogP contribution in [-0.2, 0) is 4.79 Å². The highest BCUT2D eigenvalue weighted by molar-refractivity contribution is 5.78. The van der Waals surface area contributed by atoms with Gasteiger partial charge in [-0.25, -0.2) is 0 Å². The van der Waals surface area contributed by atoms with Crippen molar-refractivity contribution in [2.45, 2.75) is 31.9 Å². The molecule has 0 aromatic heterocycles. The summed E-state index contributed by atoms with van der Waals surface area (Å²) in [5.74, 6) is 0.107. The van der Waals surface area contributed by atoms with Crippen LogP contribution in [0.3, 0.4) is 0 Å². The van der Waals surface area contributed by atoms with Crippen LogP contribution in [0.2, 0.25) is 0 Å². The van der Waals surface area contributed by atoms with E-state index in [4.69, 9.17) is 0 Å². The SMILES string of the molecule is CC(c1ccccc1)N(C)C(=O)CN1CCCC(O)C1. The van der Waals surface area contributed by atoms with Crippen LogP contribution in [0, 0.1) is 0 Å². The zero-order valence-corrected chi connectivity index (χ0v) is 12.3. The van der Waals surface area contributed by atoms with Gasteiger partial charge in [0.1, 0.15) is 0 Å². The maximum atomic E-state index is 12.3. The number of hydrogen-bond acceptors (Lipinski definition) is 3. The highest BCUT2D eigenvalue weighted by atomic mass is 16.3. The summed E-state index contributed by atoms with van der Waals surface area (Å²) < 4.78 is 0. The highest BCUT2D eigenvalue weighted by Crippen LogP contribution is 2.19. The standard InChI is InChI=1S/C16H24N2O2/c1-13(14-7-4-3-5-8-14)17(2)16(20)12-18-10-6-9-15(19)11-18/h3-5,7-8,13,15,19H,6,9-12H2,1-2H3. The first-order chi connectivity index (χ1) is 9.58. The number of amides is 1. The van der Waals surface area contributed by atoms with Gasteiger partial charge in [0.25, 0.3) is 0 Å². The fourth-order valence-corrected chi connectivity index (χ4v) is 2.65. The van der Waals surface area contributed by atoms with Crippen molar-refractivity contribution in [1.82, 2.24) is 9.80 Å². The number of likely N-dealkylation sites (tertiary alicyclic amines) is 1. The van der Waals surface area contributed by atoms with Crippen molar-refractivity contribution < 1.29 is 9.90 Å². The molecular weight excluding hydrogens is 252 g/mol. The number of aliphatic hydroxyl groups is 1. The third-order valence-electron chi connectivity index (χ3n) is 4.10. The first-order valence-electron chi connectivity index (χ1n) is 7.29. The summed E-state index contributed by atoms with van der Waals surface area (Å²) in [6, 6.07) is 10.1. The molecule has 110 valence electrons. The Balaban J connectivity index is 1.91. The largest absolute Gasteiger partial charge is 0.392 e. The Morgan fingerprint density at radius 2 is 2.15 bits per heavy atom. The number of rotatable bonds is 4. The molecule has 0 radical (unpaired) electrons. The minimum absolute atomic E-state index is 0.0680. The van der Waals surface area contributed by atoms with E-state index in [1.165, 1.54) is 0 Å². The summed E-state index contributed by atoms with van der Waals surface area (Å²) in [5, 5.41) is 9.65. The molecule has 1 amide bonds. The van der Waals surface area contributed by atoms with E-state index in [0.717, 1.165) is 24.9 Å². The van der Waals surface area contributed by atoms with Gasteiger partial charge >= 0.3 is 0 Å². The monoisotopic (exact) mass is 276 g/mol. The number of β-amino-alcohol motifs (C(OH)–C–C–N with tert-alkyl or cyclic N) is 1. The minimum atomic E-state index is -0.284. The number of carbonyl (C=O) groups excluding carboxylic acids is 1. The Morgan fingerprint density at radius 1 is 1.45 bits per heavy atom. The predicted octanol–water partition coefficient (Wildman–Crippen LogP) is 1.66. The second kappa shape index (κ2) is 6.86. The number of piperidine rings is 1. The van der Waals surface area contributed by atoms with Crippen molar-refractivity contribution in [2.24, 2.45) is 0 Å². The Bertz CT molecular complexity index is 435. The van der Waals surface area contributed by atoms with Crippen molar-refractivity contribution in [2.75, 3.05) is 26.7 Å².